The summed E-state index contributed by atoms with van der Waals surface area (Å²) < 4.78 is 7.45. The molecule has 1 aromatic rings. The molecule has 0 amide bonds. The fourth-order valence-electron chi connectivity index (χ4n) is 3.15. The van der Waals surface area contributed by atoms with Crippen molar-refractivity contribution in [3.63, 3.8) is 0 Å². The van der Waals surface area contributed by atoms with Crippen LogP contribution in [-0.2, 0) is 11.3 Å². The van der Waals surface area contributed by atoms with Gasteiger partial charge in [-0.15, -0.1) is 0 Å². The van der Waals surface area contributed by atoms with E-state index >= 15 is 0 Å². The SMILES string of the molecule is CCNC(=NCCCn1nc(C)cc1C)NCCCCN1CCOCC1. The fraction of sp³-hybridized carbons (Fsp3) is 0.789. The van der Waals surface area contributed by atoms with Crippen molar-refractivity contribution in [3.8, 4) is 0 Å². The average Bonchev–Trinajstić information content (AvgIpc) is 2.96. The van der Waals surface area contributed by atoms with Gasteiger partial charge in [-0.3, -0.25) is 14.6 Å². The second kappa shape index (κ2) is 11.9. The molecular formula is C19H36N6O. The molecule has 0 radical (unpaired) electrons. The monoisotopic (exact) mass is 364 g/mol. The summed E-state index contributed by atoms with van der Waals surface area (Å²) in [5.41, 5.74) is 2.30. The Morgan fingerprint density at radius 1 is 1.15 bits per heavy atom. The first-order valence-electron chi connectivity index (χ1n) is 10.0. The lowest BCUT2D eigenvalue weighted by molar-refractivity contribution is 0.0372. The number of aryl methyl sites for hydroxylation is 3. The number of hydrogen-bond donors (Lipinski definition) is 2. The van der Waals surface area contributed by atoms with Crippen LogP contribution in [0.1, 0.15) is 37.6 Å². The molecule has 148 valence electrons. The van der Waals surface area contributed by atoms with Crippen molar-refractivity contribution in [1.29, 1.82) is 0 Å². The Hall–Kier alpha value is -1.60. The minimum absolute atomic E-state index is 0.807. The van der Waals surface area contributed by atoms with Gasteiger partial charge in [-0.25, -0.2) is 0 Å². The maximum Gasteiger partial charge on any atom is 0.191 e. The lowest BCUT2D eigenvalue weighted by Crippen LogP contribution is -2.39. The minimum atomic E-state index is 0.807. The van der Waals surface area contributed by atoms with Crippen molar-refractivity contribution in [2.45, 2.75) is 46.6 Å². The van der Waals surface area contributed by atoms with Crippen molar-refractivity contribution < 1.29 is 4.74 Å². The van der Waals surface area contributed by atoms with E-state index in [9.17, 15) is 0 Å². The summed E-state index contributed by atoms with van der Waals surface area (Å²) in [7, 11) is 0. The molecule has 7 nitrogen and oxygen atoms in total. The molecule has 2 N–H and O–H groups in total. The minimum Gasteiger partial charge on any atom is -0.379 e. The van der Waals surface area contributed by atoms with Crippen molar-refractivity contribution in [2.75, 3.05) is 52.5 Å². The average molecular weight is 365 g/mol. The van der Waals surface area contributed by atoms with E-state index in [4.69, 9.17) is 4.74 Å². The first kappa shape index (κ1) is 20.7. The second-order valence-corrected chi connectivity index (χ2v) is 6.85. The number of rotatable bonds is 10. The molecule has 1 aliphatic heterocycles. The number of aromatic nitrogens is 2. The predicted octanol–water partition coefficient (Wildman–Crippen LogP) is 1.56. The zero-order chi connectivity index (χ0) is 18.6. The third-order valence-corrected chi connectivity index (χ3v) is 4.54. The van der Waals surface area contributed by atoms with Crippen LogP contribution in [0, 0.1) is 13.8 Å². The Morgan fingerprint density at radius 3 is 2.65 bits per heavy atom. The molecule has 0 aliphatic carbocycles. The number of ether oxygens (including phenoxy) is 1. The third kappa shape index (κ3) is 7.74. The molecule has 2 heterocycles. The number of morpholine rings is 1. The summed E-state index contributed by atoms with van der Waals surface area (Å²) in [6, 6.07) is 2.12. The van der Waals surface area contributed by atoms with Gasteiger partial charge in [0.25, 0.3) is 0 Å². The molecule has 1 aliphatic rings. The molecule has 0 bridgehead atoms. The van der Waals surface area contributed by atoms with Gasteiger partial charge < -0.3 is 15.4 Å². The largest absolute Gasteiger partial charge is 0.379 e. The van der Waals surface area contributed by atoms with Crippen molar-refractivity contribution in [3.05, 3.63) is 17.5 Å². The summed E-state index contributed by atoms with van der Waals surface area (Å²) in [6.45, 7) is 14.9. The van der Waals surface area contributed by atoms with E-state index in [-0.39, 0.29) is 0 Å². The van der Waals surface area contributed by atoms with Gasteiger partial charge in [0.05, 0.1) is 18.9 Å². The van der Waals surface area contributed by atoms with E-state index in [0.29, 0.717) is 0 Å². The van der Waals surface area contributed by atoms with E-state index < -0.39 is 0 Å². The third-order valence-electron chi connectivity index (χ3n) is 4.54. The van der Waals surface area contributed by atoms with Crippen LogP contribution < -0.4 is 10.6 Å². The van der Waals surface area contributed by atoms with Crippen LogP contribution in [-0.4, -0.2) is 73.1 Å². The highest BCUT2D eigenvalue weighted by Gasteiger charge is 2.09. The van der Waals surface area contributed by atoms with Gasteiger partial charge in [0.15, 0.2) is 5.96 Å². The molecule has 1 fully saturated rings. The van der Waals surface area contributed by atoms with Gasteiger partial charge in [-0.2, -0.15) is 5.10 Å². The van der Waals surface area contributed by atoms with Crippen LogP contribution in [0.25, 0.3) is 0 Å². The van der Waals surface area contributed by atoms with Gasteiger partial charge >= 0.3 is 0 Å². The summed E-state index contributed by atoms with van der Waals surface area (Å²) in [5.74, 6) is 0.923. The first-order chi connectivity index (χ1) is 12.7. The summed E-state index contributed by atoms with van der Waals surface area (Å²) >= 11 is 0. The van der Waals surface area contributed by atoms with Gasteiger partial charge in [-0.05, 0) is 52.6 Å². The zero-order valence-corrected chi connectivity index (χ0v) is 16.8. The Kier molecular flexibility index (Phi) is 9.48. The van der Waals surface area contributed by atoms with Crippen molar-refractivity contribution >= 4 is 5.96 Å². The highest BCUT2D eigenvalue weighted by atomic mass is 16.5. The highest BCUT2D eigenvalue weighted by Crippen LogP contribution is 2.03. The predicted molar refractivity (Wildman–Crippen MR) is 107 cm³/mol. The lowest BCUT2D eigenvalue weighted by atomic mass is 10.3. The molecule has 0 atom stereocenters. The Bertz CT molecular complexity index is 536. The summed E-state index contributed by atoms with van der Waals surface area (Å²) in [4.78, 5) is 7.17. The molecule has 0 saturated carbocycles. The van der Waals surface area contributed by atoms with E-state index in [2.05, 4.69) is 50.2 Å². The number of hydrogen-bond acceptors (Lipinski definition) is 4. The molecule has 0 aromatic carbocycles. The number of nitrogens with zero attached hydrogens (tertiary/aromatic N) is 4. The standard InChI is InChI=1S/C19H36N6O/c1-4-20-19(21-8-5-6-10-24-12-14-26-15-13-24)22-9-7-11-25-18(3)16-17(2)23-25/h16H,4-15H2,1-3H3,(H2,20,21,22). The van der Waals surface area contributed by atoms with Crippen LogP contribution in [0.2, 0.25) is 0 Å². The van der Waals surface area contributed by atoms with Crippen molar-refractivity contribution in [2.24, 2.45) is 4.99 Å². The Labute approximate surface area is 158 Å². The van der Waals surface area contributed by atoms with Crippen molar-refractivity contribution in [1.82, 2.24) is 25.3 Å². The molecule has 0 unspecified atom stereocenters. The summed E-state index contributed by atoms with van der Waals surface area (Å²) in [5, 5.41) is 11.3. The van der Waals surface area contributed by atoms with Crippen LogP contribution in [0.4, 0.5) is 0 Å². The normalized spacial score (nSPS) is 16.0. The molecule has 7 heteroatoms. The molecular weight excluding hydrogens is 328 g/mol. The van der Waals surface area contributed by atoms with Gasteiger partial charge in [0.2, 0.25) is 0 Å². The second-order valence-electron chi connectivity index (χ2n) is 6.85. The Balaban J connectivity index is 1.60. The van der Waals surface area contributed by atoms with Gasteiger partial charge in [0.1, 0.15) is 0 Å². The molecule has 0 spiro atoms. The number of unbranched alkanes of at least 4 members (excludes halogenated alkanes) is 1. The number of aliphatic imine (C=N–C) groups is 1. The van der Waals surface area contributed by atoms with E-state index in [1.54, 1.807) is 0 Å². The molecule has 2 rings (SSSR count). The molecule has 26 heavy (non-hydrogen) atoms. The molecule has 1 saturated heterocycles. The van der Waals surface area contributed by atoms with Crippen LogP contribution in [0.3, 0.4) is 0 Å². The van der Waals surface area contributed by atoms with E-state index in [1.165, 1.54) is 18.7 Å². The first-order valence-corrected chi connectivity index (χ1v) is 10.0. The maximum absolute atomic E-state index is 5.38. The lowest BCUT2D eigenvalue weighted by Gasteiger charge is -2.26. The van der Waals surface area contributed by atoms with Crippen LogP contribution >= 0.6 is 0 Å². The number of nitrogens with one attached hydrogen (secondary N) is 2. The highest BCUT2D eigenvalue weighted by molar-refractivity contribution is 5.79. The maximum atomic E-state index is 5.38. The molecule has 1 aromatic heterocycles. The number of guanidine groups is 1. The smallest absolute Gasteiger partial charge is 0.191 e. The van der Waals surface area contributed by atoms with Gasteiger partial charge in [0, 0.05) is 45.0 Å². The topological polar surface area (TPSA) is 66.7 Å². The fourth-order valence-corrected chi connectivity index (χ4v) is 3.15. The quantitative estimate of drug-likeness (QED) is 0.375. The van der Waals surface area contributed by atoms with Crippen LogP contribution in [0.15, 0.2) is 11.1 Å². The summed E-state index contributed by atoms with van der Waals surface area (Å²) in [6.07, 6.45) is 3.37. The van der Waals surface area contributed by atoms with Crippen LogP contribution in [0.5, 0.6) is 0 Å². The zero-order valence-electron chi connectivity index (χ0n) is 16.8. The van der Waals surface area contributed by atoms with Gasteiger partial charge in [-0.1, -0.05) is 0 Å². The Morgan fingerprint density at radius 2 is 1.96 bits per heavy atom. The van der Waals surface area contributed by atoms with E-state index in [1.807, 2.05) is 6.92 Å². The van der Waals surface area contributed by atoms with E-state index in [0.717, 1.165) is 77.0 Å².